The molecule has 0 radical (unpaired) electrons. The van der Waals surface area contributed by atoms with E-state index in [9.17, 15) is 4.79 Å². The summed E-state index contributed by atoms with van der Waals surface area (Å²) in [5.41, 5.74) is 5.78. The fraction of sp³-hybridized carbons (Fsp3) is 0.917. The Morgan fingerprint density at radius 1 is 1.59 bits per heavy atom. The Morgan fingerprint density at radius 3 is 3.00 bits per heavy atom. The molecule has 3 atom stereocenters. The monoisotopic (exact) mass is 260 g/mol. The lowest BCUT2D eigenvalue weighted by atomic mass is 10.2. The molecule has 0 aliphatic heterocycles. The lowest BCUT2D eigenvalue weighted by Gasteiger charge is -2.16. The van der Waals surface area contributed by atoms with Crippen LogP contribution in [0.5, 0.6) is 0 Å². The van der Waals surface area contributed by atoms with Gasteiger partial charge in [0, 0.05) is 25.0 Å². The Labute approximate surface area is 108 Å². The minimum atomic E-state index is -0.437. The van der Waals surface area contributed by atoms with Crippen molar-refractivity contribution in [1.29, 1.82) is 0 Å². The van der Waals surface area contributed by atoms with Crippen LogP contribution in [0.3, 0.4) is 0 Å². The summed E-state index contributed by atoms with van der Waals surface area (Å²) in [7, 11) is 1.62. The van der Waals surface area contributed by atoms with Gasteiger partial charge in [-0.05, 0) is 31.4 Å². The van der Waals surface area contributed by atoms with Gasteiger partial charge in [0.1, 0.15) is 0 Å². The van der Waals surface area contributed by atoms with E-state index in [0.29, 0.717) is 24.3 Å². The fourth-order valence-corrected chi connectivity index (χ4v) is 3.28. The first-order valence-corrected chi connectivity index (χ1v) is 7.38. The van der Waals surface area contributed by atoms with Crippen LogP contribution in [0.1, 0.15) is 32.6 Å². The lowest BCUT2D eigenvalue weighted by molar-refractivity contribution is -0.123. The first-order chi connectivity index (χ1) is 8.17. The Kier molecular flexibility index (Phi) is 6.92. The zero-order valence-electron chi connectivity index (χ0n) is 10.8. The molecule has 5 heteroatoms. The molecule has 0 aromatic rings. The summed E-state index contributed by atoms with van der Waals surface area (Å²) < 4.78 is 4.92. The highest BCUT2D eigenvalue weighted by Gasteiger charge is 2.26. The molecule has 0 saturated heterocycles. The van der Waals surface area contributed by atoms with E-state index >= 15 is 0 Å². The summed E-state index contributed by atoms with van der Waals surface area (Å²) in [6.45, 7) is 2.71. The van der Waals surface area contributed by atoms with E-state index in [1.165, 1.54) is 6.42 Å². The molecule has 3 N–H and O–H groups in total. The molecule has 1 fully saturated rings. The van der Waals surface area contributed by atoms with Crippen LogP contribution in [0.2, 0.25) is 0 Å². The maximum absolute atomic E-state index is 11.8. The van der Waals surface area contributed by atoms with Gasteiger partial charge in [0.25, 0.3) is 0 Å². The van der Waals surface area contributed by atoms with Gasteiger partial charge in [0.05, 0.1) is 6.04 Å². The molecule has 0 bridgehead atoms. The summed E-state index contributed by atoms with van der Waals surface area (Å²) in [5.74, 6) is 1.12. The van der Waals surface area contributed by atoms with Crippen molar-refractivity contribution in [2.75, 3.05) is 19.5 Å². The highest BCUT2D eigenvalue weighted by atomic mass is 32.2. The van der Waals surface area contributed by atoms with Crippen LogP contribution < -0.4 is 11.1 Å². The standard InChI is InChI=1S/C12H24N2O2S/c1-3-17-10-5-4-9(8-10)14-12(15)11(13)6-7-16-2/h9-11H,3-8,13H2,1-2H3,(H,14,15). The van der Waals surface area contributed by atoms with E-state index in [0.717, 1.165) is 18.6 Å². The number of carbonyl (C=O) groups excluding carboxylic acids is 1. The second kappa shape index (κ2) is 7.95. The van der Waals surface area contributed by atoms with Gasteiger partial charge in [-0.15, -0.1) is 0 Å². The lowest BCUT2D eigenvalue weighted by Crippen LogP contribution is -2.45. The molecule has 1 aliphatic carbocycles. The first-order valence-electron chi connectivity index (χ1n) is 6.33. The van der Waals surface area contributed by atoms with Crippen LogP contribution in [0.25, 0.3) is 0 Å². The second-order valence-corrected chi connectivity index (χ2v) is 6.06. The Hall–Kier alpha value is -0.260. The Morgan fingerprint density at radius 2 is 2.35 bits per heavy atom. The van der Waals surface area contributed by atoms with Gasteiger partial charge in [-0.2, -0.15) is 11.8 Å². The molecule has 1 aliphatic rings. The molecule has 0 heterocycles. The minimum Gasteiger partial charge on any atom is -0.385 e. The van der Waals surface area contributed by atoms with E-state index in [-0.39, 0.29) is 5.91 Å². The van der Waals surface area contributed by atoms with Crippen molar-refractivity contribution in [3.63, 3.8) is 0 Å². The van der Waals surface area contributed by atoms with Crippen molar-refractivity contribution >= 4 is 17.7 Å². The Bertz CT molecular complexity index is 239. The number of thioether (sulfide) groups is 1. The summed E-state index contributed by atoms with van der Waals surface area (Å²) in [6, 6.07) is -0.118. The van der Waals surface area contributed by atoms with Crippen molar-refractivity contribution in [3.05, 3.63) is 0 Å². The van der Waals surface area contributed by atoms with Gasteiger partial charge in [-0.25, -0.2) is 0 Å². The van der Waals surface area contributed by atoms with Crippen LogP contribution in [0.15, 0.2) is 0 Å². The maximum Gasteiger partial charge on any atom is 0.237 e. The molecule has 1 rings (SSSR count). The molecule has 4 nitrogen and oxygen atoms in total. The van der Waals surface area contributed by atoms with Gasteiger partial charge in [0.15, 0.2) is 0 Å². The normalized spacial score (nSPS) is 25.8. The van der Waals surface area contributed by atoms with Crippen LogP contribution >= 0.6 is 11.8 Å². The third kappa shape index (κ3) is 5.27. The van der Waals surface area contributed by atoms with Crippen LogP contribution in [0, 0.1) is 0 Å². The quantitative estimate of drug-likeness (QED) is 0.720. The van der Waals surface area contributed by atoms with Crippen LogP contribution in [-0.4, -0.2) is 42.7 Å². The predicted octanol–water partition coefficient (Wildman–Crippen LogP) is 1.14. The van der Waals surface area contributed by atoms with Gasteiger partial charge in [-0.1, -0.05) is 6.92 Å². The molecule has 0 spiro atoms. The first kappa shape index (κ1) is 14.8. The van der Waals surface area contributed by atoms with Crippen molar-refractivity contribution < 1.29 is 9.53 Å². The number of hydrogen-bond donors (Lipinski definition) is 2. The van der Waals surface area contributed by atoms with Crippen molar-refractivity contribution in [3.8, 4) is 0 Å². The smallest absolute Gasteiger partial charge is 0.237 e. The summed E-state index contributed by atoms with van der Waals surface area (Å²) >= 11 is 1.99. The maximum atomic E-state index is 11.8. The van der Waals surface area contributed by atoms with Crippen molar-refractivity contribution in [2.45, 2.75) is 49.9 Å². The molecule has 1 amide bonds. The summed E-state index contributed by atoms with van der Waals surface area (Å²) in [5, 5.41) is 3.75. The van der Waals surface area contributed by atoms with E-state index < -0.39 is 6.04 Å². The number of rotatable bonds is 7. The number of nitrogens with one attached hydrogen (secondary N) is 1. The third-order valence-corrected chi connectivity index (χ3v) is 4.34. The zero-order chi connectivity index (χ0) is 12.7. The average molecular weight is 260 g/mol. The molecule has 0 aromatic carbocycles. The van der Waals surface area contributed by atoms with Crippen molar-refractivity contribution in [2.24, 2.45) is 5.73 Å². The average Bonchev–Trinajstić information content (AvgIpc) is 2.74. The summed E-state index contributed by atoms with van der Waals surface area (Å²) in [4.78, 5) is 11.8. The second-order valence-electron chi connectivity index (χ2n) is 4.48. The van der Waals surface area contributed by atoms with E-state index in [4.69, 9.17) is 10.5 Å². The van der Waals surface area contributed by atoms with Gasteiger partial charge in [-0.3, -0.25) is 4.79 Å². The SMILES string of the molecule is CCSC1CCC(NC(=O)C(N)CCOC)C1. The Balaban J connectivity index is 2.23. The number of ether oxygens (including phenoxy) is 1. The predicted molar refractivity (Wildman–Crippen MR) is 72.2 cm³/mol. The van der Waals surface area contributed by atoms with E-state index in [1.807, 2.05) is 11.8 Å². The molecule has 100 valence electrons. The van der Waals surface area contributed by atoms with Gasteiger partial charge in [0.2, 0.25) is 5.91 Å². The number of carbonyl (C=O) groups is 1. The fourth-order valence-electron chi connectivity index (χ4n) is 2.14. The highest BCUT2D eigenvalue weighted by molar-refractivity contribution is 7.99. The topological polar surface area (TPSA) is 64.4 Å². The molecular weight excluding hydrogens is 236 g/mol. The molecule has 0 aromatic heterocycles. The highest BCUT2D eigenvalue weighted by Crippen LogP contribution is 2.29. The molecule has 17 heavy (non-hydrogen) atoms. The van der Waals surface area contributed by atoms with Gasteiger partial charge >= 0.3 is 0 Å². The van der Waals surface area contributed by atoms with E-state index in [2.05, 4.69) is 12.2 Å². The third-order valence-electron chi connectivity index (χ3n) is 3.10. The summed E-state index contributed by atoms with van der Waals surface area (Å²) in [6.07, 6.45) is 3.96. The largest absolute Gasteiger partial charge is 0.385 e. The van der Waals surface area contributed by atoms with Crippen LogP contribution in [-0.2, 0) is 9.53 Å². The molecule has 3 unspecified atom stereocenters. The van der Waals surface area contributed by atoms with Crippen molar-refractivity contribution in [1.82, 2.24) is 5.32 Å². The molecular formula is C12H24N2O2S. The number of nitrogens with two attached hydrogens (primary N) is 1. The van der Waals surface area contributed by atoms with Crippen LogP contribution in [0.4, 0.5) is 0 Å². The number of methoxy groups -OCH3 is 1. The number of amides is 1. The van der Waals surface area contributed by atoms with E-state index in [1.54, 1.807) is 7.11 Å². The zero-order valence-corrected chi connectivity index (χ0v) is 11.6. The number of hydrogen-bond acceptors (Lipinski definition) is 4. The van der Waals surface area contributed by atoms with Gasteiger partial charge < -0.3 is 15.8 Å². The minimum absolute atomic E-state index is 0.0331. The molecule has 1 saturated carbocycles.